The largest absolute Gasteiger partial charge is 0.485 e. The molecule has 0 spiro atoms. The van der Waals surface area contributed by atoms with Crippen LogP contribution >= 0.6 is 0 Å². The molecule has 3 aromatic rings. The summed E-state index contributed by atoms with van der Waals surface area (Å²) in [5.41, 5.74) is 6.83. The number of nitrogens with two attached hydrogens (primary N) is 1. The van der Waals surface area contributed by atoms with Crippen LogP contribution in [0.1, 0.15) is 28.9 Å². The summed E-state index contributed by atoms with van der Waals surface area (Å²) in [4.78, 5) is 18.2. The Morgan fingerprint density at radius 3 is 2.66 bits per heavy atom. The monoisotopic (exact) mass is 435 g/mol. The van der Waals surface area contributed by atoms with Gasteiger partial charge in [-0.1, -0.05) is 36.4 Å². The Labute approximate surface area is 185 Å². The average Bonchev–Trinajstić information content (AvgIpc) is 3.16. The Morgan fingerprint density at radius 1 is 1.09 bits per heavy atom. The number of hydrogen-bond acceptors (Lipinski definition) is 5. The maximum atomic E-state index is 14.1. The van der Waals surface area contributed by atoms with Crippen LogP contribution in [0, 0.1) is 17.7 Å². The Balaban J connectivity index is 1.31. The zero-order chi connectivity index (χ0) is 22.2. The normalized spacial score (nSPS) is 25.6. The number of benzene rings is 2. The second-order valence-electron chi connectivity index (χ2n) is 8.89. The fraction of sp³-hybridized carbons (Fsp3) is 0.360. The Hall–Kier alpha value is -3.03. The number of rotatable bonds is 5. The number of primary amides is 1. The van der Waals surface area contributed by atoms with E-state index in [-0.39, 0.29) is 17.6 Å². The number of nitrogens with zero attached hydrogens (tertiary/aromatic N) is 2. The van der Waals surface area contributed by atoms with Crippen LogP contribution < -0.4 is 10.5 Å². The van der Waals surface area contributed by atoms with Gasteiger partial charge in [-0.15, -0.1) is 0 Å². The number of likely N-dealkylation sites (tertiary alicyclic amines) is 1. The van der Waals surface area contributed by atoms with Crippen LogP contribution in [-0.2, 0) is 6.54 Å². The number of hydrogen-bond donors (Lipinski definition) is 2. The van der Waals surface area contributed by atoms with Gasteiger partial charge in [0, 0.05) is 30.6 Å². The van der Waals surface area contributed by atoms with Crippen LogP contribution in [0.2, 0.25) is 0 Å². The molecule has 2 aliphatic rings. The molecule has 0 bridgehead atoms. The summed E-state index contributed by atoms with van der Waals surface area (Å²) in [7, 11) is 0. The summed E-state index contributed by atoms with van der Waals surface area (Å²) >= 11 is 0. The zero-order valence-electron chi connectivity index (χ0n) is 17.7. The molecule has 7 heteroatoms. The zero-order valence-corrected chi connectivity index (χ0v) is 17.7. The minimum Gasteiger partial charge on any atom is -0.485 e. The predicted octanol–water partition coefficient (Wildman–Crippen LogP) is 3.12. The molecule has 3 N–H and O–H groups in total. The van der Waals surface area contributed by atoms with E-state index < -0.39 is 12.0 Å². The molecule has 1 saturated heterocycles. The molecule has 0 radical (unpaired) electrons. The lowest BCUT2D eigenvalue weighted by molar-refractivity contribution is -0.0225. The van der Waals surface area contributed by atoms with E-state index in [1.807, 2.05) is 24.3 Å². The van der Waals surface area contributed by atoms with Crippen LogP contribution in [0.25, 0.3) is 10.9 Å². The molecule has 5 rings (SSSR count). The highest BCUT2D eigenvalue weighted by molar-refractivity contribution is 5.94. The van der Waals surface area contributed by atoms with Gasteiger partial charge in [0.1, 0.15) is 28.9 Å². The number of aliphatic hydroxyl groups excluding tert-OH is 1. The number of para-hydroxylation sites is 1. The highest BCUT2D eigenvalue weighted by Crippen LogP contribution is 2.39. The number of fused-ring (bicyclic) bond motifs is 2. The summed E-state index contributed by atoms with van der Waals surface area (Å²) in [6.07, 6.45) is 0.396. The fourth-order valence-corrected chi connectivity index (χ4v) is 5.13. The Kier molecular flexibility index (Phi) is 5.53. The first-order valence-electron chi connectivity index (χ1n) is 11.0. The molecule has 32 heavy (non-hydrogen) atoms. The van der Waals surface area contributed by atoms with Crippen LogP contribution in [0.5, 0.6) is 5.75 Å². The molecule has 1 aliphatic heterocycles. The van der Waals surface area contributed by atoms with Crippen molar-refractivity contribution in [3.8, 4) is 5.75 Å². The number of amides is 1. The molecule has 1 amide bonds. The molecule has 1 aliphatic carbocycles. The summed E-state index contributed by atoms with van der Waals surface area (Å²) in [6, 6.07) is 15.8. The van der Waals surface area contributed by atoms with E-state index in [9.17, 15) is 14.3 Å². The van der Waals surface area contributed by atoms with Gasteiger partial charge in [-0.3, -0.25) is 9.69 Å². The quantitative estimate of drug-likeness (QED) is 0.643. The van der Waals surface area contributed by atoms with Crippen molar-refractivity contribution in [2.45, 2.75) is 31.6 Å². The van der Waals surface area contributed by atoms with Crippen LogP contribution in [0.15, 0.2) is 54.6 Å². The van der Waals surface area contributed by atoms with Gasteiger partial charge in [0.05, 0.1) is 6.10 Å². The van der Waals surface area contributed by atoms with Crippen molar-refractivity contribution in [1.29, 1.82) is 0 Å². The third-order valence-electron chi connectivity index (χ3n) is 6.73. The van der Waals surface area contributed by atoms with E-state index in [0.29, 0.717) is 48.1 Å². The van der Waals surface area contributed by atoms with Crippen LogP contribution in [-0.4, -0.2) is 46.2 Å². The third kappa shape index (κ3) is 4.06. The first-order chi connectivity index (χ1) is 15.5. The number of aliphatic hydroxyl groups is 1. The summed E-state index contributed by atoms with van der Waals surface area (Å²) < 4.78 is 20.3. The van der Waals surface area contributed by atoms with Gasteiger partial charge in [-0.25, -0.2) is 9.37 Å². The van der Waals surface area contributed by atoms with Crippen molar-refractivity contribution >= 4 is 16.8 Å². The lowest BCUT2D eigenvalue weighted by Gasteiger charge is -2.35. The van der Waals surface area contributed by atoms with Crippen molar-refractivity contribution in [1.82, 2.24) is 9.88 Å². The molecule has 2 heterocycles. The second kappa shape index (κ2) is 8.48. The third-order valence-corrected chi connectivity index (χ3v) is 6.73. The number of carbonyl (C=O) groups is 1. The molecule has 1 saturated carbocycles. The van der Waals surface area contributed by atoms with Crippen LogP contribution in [0.4, 0.5) is 4.39 Å². The van der Waals surface area contributed by atoms with Gasteiger partial charge >= 0.3 is 0 Å². The van der Waals surface area contributed by atoms with Crippen molar-refractivity contribution in [2.75, 3.05) is 13.1 Å². The summed E-state index contributed by atoms with van der Waals surface area (Å²) in [5, 5.41) is 11.7. The molecule has 0 unspecified atom stereocenters. The van der Waals surface area contributed by atoms with E-state index >= 15 is 0 Å². The lowest BCUT2D eigenvalue weighted by atomic mass is 9.78. The number of pyridine rings is 1. The maximum absolute atomic E-state index is 14.1. The van der Waals surface area contributed by atoms with E-state index in [1.165, 1.54) is 6.07 Å². The first kappa shape index (κ1) is 20.8. The highest BCUT2D eigenvalue weighted by Gasteiger charge is 2.42. The highest BCUT2D eigenvalue weighted by atomic mass is 19.1. The average molecular weight is 435 g/mol. The maximum Gasteiger partial charge on any atom is 0.267 e. The standard InChI is InChI=1S/C25H26FN3O3/c26-19-6-2-1-4-16(19)12-29-13-17-10-21(30)23(11-18(17)14-29)32-22-7-3-5-15-8-9-20(25(27)31)28-24(15)22/h1-9,17-18,21,23,30H,10-14H2,(H2,27,31)/t17-,18+,21+,23+/m0/s1. The minimum atomic E-state index is -0.598. The van der Waals surface area contributed by atoms with Gasteiger partial charge in [-0.05, 0) is 42.9 Å². The number of carbonyl (C=O) groups excluding carboxylic acids is 1. The van der Waals surface area contributed by atoms with E-state index in [4.69, 9.17) is 10.5 Å². The first-order valence-corrected chi connectivity index (χ1v) is 11.0. The molecule has 166 valence electrons. The molecule has 2 fully saturated rings. The lowest BCUT2D eigenvalue weighted by Crippen LogP contribution is -2.42. The Morgan fingerprint density at radius 2 is 1.88 bits per heavy atom. The van der Waals surface area contributed by atoms with Gasteiger partial charge in [0.2, 0.25) is 0 Å². The molecular formula is C25H26FN3O3. The van der Waals surface area contributed by atoms with Crippen molar-refractivity contribution in [2.24, 2.45) is 17.6 Å². The van der Waals surface area contributed by atoms with Gasteiger partial charge in [0.15, 0.2) is 0 Å². The van der Waals surface area contributed by atoms with Gasteiger partial charge in [-0.2, -0.15) is 0 Å². The minimum absolute atomic E-state index is 0.178. The molecular weight excluding hydrogens is 409 g/mol. The Bertz CT molecular complexity index is 1150. The van der Waals surface area contributed by atoms with Crippen molar-refractivity contribution in [3.63, 3.8) is 0 Å². The van der Waals surface area contributed by atoms with Gasteiger partial charge in [0.25, 0.3) is 5.91 Å². The molecule has 4 atom stereocenters. The van der Waals surface area contributed by atoms with E-state index in [0.717, 1.165) is 18.5 Å². The van der Waals surface area contributed by atoms with Crippen molar-refractivity contribution in [3.05, 3.63) is 71.7 Å². The van der Waals surface area contributed by atoms with Crippen molar-refractivity contribution < 1.29 is 19.0 Å². The fourth-order valence-electron chi connectivity index (χ4n) is 5.13. The second-order valence-corrected chi connectivity index (χ2v) is 8.89. The SMILES string of the molecule is NC(=O)c1ccc2cccc(O[C@@H]3C[C@@H]4CN(Cc5ccccc5F)C[C@@H]4C[C@H]3O)c2n1. The molecule has 6 nitrogen and oxygen atoms in total. The predicted molar refractivity (Wildman–Crippen MR) is 119 cm³/mol. The number of aromatic nitrogens is 1. The molecule has 2 aromatic carbocycles. The van der Waals surface area contributed by atoms with E-state index in [2.05, 4.69) is 9.88 Å². The smallest absolute Gasteiger partial charge is 0.267 e. The van der Waals surface area contributed by atoms with Crippen LogP contribution in [0.3, 0.4) is 0 Å². The topological polar surface area (TPSA) is 88.7 Å². The molecule has 1 aromatic heterocycles. The number of ether oxygens (including phenoxy) is 1. The summed E-state index contributed by atoms with van der Waals surface area (Å²) in [5.74, 6) is 0.503. The van der Waals surface area contributed by atoms with Gasteiger partial charge < -0.3 is 15.6 Å². The summed E-state index contributed by atoms with van der Waals surface area (Å²) in [6.45, 7) is 2.27. The number of halogens is 1. The van der Waals surface area contributed by atoms with E-state index in [1.54, 1.807) is 24.3 Å².